The Morgan fingerprint density at radius 2 is 2.11 bits per heavy atom. The summed E-state index contributed by atoms with van der Waals surface area (Å²) in [6.07, 6.45) is 2.04. The van der Waals surface area contributed by atoms with E-state index in [9.17, 15) is 4.79 Å². The van der Waals surface area contributed by atoms with Gasteiger partial charge in [-0.05, 0) is 38.9 Å². The minimum atomic E-state index is 0. The van der Waals surface area contributed by atoms with Crippen molar-refractivity contribution >= 4 is 18.3 Å². The SMILES string of the molecule is Cc1cc(C(=O)N(C)C2CCNCC2)nn1C.Cl. The van der Waals surface area contributed by atoms with Crippen LogP contribution in [0.3, 0.4) is 0 Å². The van der Waals surface area contributed by atoms with Crippen molar-refractivity contribution in [3.63, 3.8) is 0 Å². The summed E-state index contributed by atoms with van der Waals surface area (Å²) in [6.45, 7) is 3.93. The van der Waals surface area contributed by atoms with Crippen LogP contribution in [0.15, 0.2) is 6.07 Å². The first kappa shape index (κ1) is 15.0. The van der Waals surface area contributed by atoms with Gasteiger partial charge >= 0.3 is 0 Å². The summed E-state index contributed by atoms with van der Waals surface area (Å²) in [6, 6.07) is 2.19. The molecule has 1 aromatic rings. The van der Waals surface area contributed by atoms with E-state index in [4.69, 9.17) is 0 Å². The standard InChI is InChI=1S/C12H20N4O.ClH/c1-9-8-11(14-16(9)3)12(17)15(2)10-4-6-13-7-5-10;/h8,10,13H,4-7H2,1-3H3;1H. The van der Waals surface area contributed by atoms with Crippen molar-refractivity contribution in [2.75, 3.05) is 20.1 Å². The third-order valence-electron chi connectivity index (χ3n) is 3.51. The molecule has 102 valence electrons. The fourth-order valence-corrected chi connectivity index (χ4v) is 2.21. The normalized spacial score (nSPS) is 16.2. The third kappa shape index (κ3) is 3.03. The van der Waals surface area contributed by atoms with Crippen molar-refractivity contribution in [2.24, 2.45) is 7.05 Å². The van der Waals surface area contributed by atoms with Crippen LogP contribution in [0.5, 0.6) is 0 Å². The smallest absolute Gasteiger partial charge is 0.274 e. The fraction of sp³-hybridized carbons (Fsp3) is 0.667. The van der Waals surface area contributed by atoms with Crippen LogP contribution in [0.25, 0.3) is 0 Å². The molecule has 0 aliphatic carbocycles. The maximum absolute atomic E-state index is 12.2. The highest BCUT2D eigenvalue weighted by Gasteiger charge is 2.24. The van der Waals surface area contributed by atoms with E-state index < -0.39 is 0 Å². The minimum Gasteiger partial charge on any atom is -0.337 e. The second kappa shape index (κ2) is 6.20. The second-order valence-corrected chi connectivity index (χ2v) is 4.69. The Bertz CT molecular complexity index is 393. The first-order valence-corrected chi connectivity index (χ1v) is 6.08. The van der Waals surface area contributed by atoms with Crippen molar-refractivity contribution in [2.45, 2.75) is 25.8 Å². The summed E-state index contributed by atoms with van der Waals surface area (Å²) in [5.74, 6) is 0.0283. The van der Waals surface area contributed by atoms with Crippen molar-refractivity contribution in [3.8, 4) is 0 Å². The number of carbonyl (C=O) groups is 1. The largest absolute Gasteiger partial charge is 0.337 e. The molecule has 1 N–H and O–H groups in total. The van der Waals surface area contributed by atoms with Gasteiger partial charge in [0.15, 0.2) is 5.69 Å². The number of nitrogens with one attached hydrogen (secondary N) is 1. The Morgan fingerprint density at radius 1 is 1.50 bits per heavy atom. The van der Waals surface area contributed by atoms with Crippen LogP contribution < -0.4 is 5.32 Å². The predicted octanol–water partition coefficient (Wildman–Crippen LogP) is 0.974. The van der Waals surface area contributed by atoms with Gasteiger partial charge in [-0.3, -0.25) is 9.48 Å². The zero-order valence-corrected chi connectivity index (χ0v) is 12.0. The van der Waals surface area contributed by atoms with Crippen LogP contribution in [0.1, 0.15) is 29.0 Å². The van der Waals surface area contributed by atoms with E-state index in [1.54, 1.807) is 4.68 Å². The number of carbonyl (C=O) groups excluding carboxylic acids is 1. The molecule has 1 aliphatic heterocycles. The Kier molecular flexibility index (Phi) is 5.16. The van der Waals surface area contributed by atoms with E-state index in [1.807, 2.05) is 32.0 Å². The van der Waals surface area contributed by atoms with E-state index in [-0.39, 0.29) is 18.3 Å². The monoisotopic (exact) mass is 272 g/mol. The van der Waals surface area contributed by atoms with Crippen LogP contribution in [-0.2, 0) is 7.05 Å². The molecule has 0 unspecified atom stereocenters. The number of amides is 1. The van der Waals surface area contributed by atoms with Gasteiger partial charge in [0, 0.05) is 25.8 Å². The number of aryl methyl sites for hydroxylation is 2. The van der Waals surface area contributed by atoms with Crippen LogP contribution in [0.4, 0.5) is 0 Å². The van der Waals surface area contributed by atoms with Crippen LogP contribution in [0, 0.1) is 6.92 Å². The second-order valence-electron chi connectivity index (χ2n) is 4.69. The molecule has 0 atom stereocenters. The van der Waals surface area contributed by atoms with E-state index in [0.29, 0.717) is 11.7 Å². The van der Waals surface area contributed by atoms with Crippen LogP contribution in [-0.4, -0.2) is 46.8 Å². The van der Waals surface area contributed by atoms with Gasteiger partial charge in [0.2, 0.25) is 0 Å². The summed E-state index contributed by atoms with van der Waals surface area (Å²) in [7, 11) is 3.74. The molecule has 1 aliphatic rings. The lowest BCUT2D eigenvalue weighted by molar-refractivity contribution is 0.0696. The molecule has 6 heteroatoms. The molecule has 1 aromatic heterocycles. The zero-order valence-electron chi connectivity index (χ0n) is 11.1. The number of halogens is 1. The Morgan fingerprint density at radius 3 is 2.61 bits per heavy atom. The lowest BCUT2D eigenvalue weighted by Crippen LogP contribution is -2.44. The van der Waals surface area contributed by atoms with Gasteiger partial charge in [-0.25, -0.2) is 0 Å². The lowest BCUT2D eigenvalue weighted by atomic mass is 10.1. The molecule has 0 bridgehead atoms. The number of hydrogen-bond acceptors (Lipinski definition) is 3. The van der Waals surface area contributed by atoms with E-state index >= 15 is 0 Å². The van der Waals surface area contributed by atoms with Gasteiger partial charge in [-0.2, -0.15) is 5.10 Å². The summed E-state index contributed by atoms with van der Waals surface area (Å²) in [5, 5.41) is 7.54. The maximum Gasteiger partial charge on any atom is 0.274 e. The molecule has 0 radical (unpaired) electrons. The Hall–Kier alpha value is -1.07. The highest BCUT2D eigenvalue weighted by molar-refractivity contribution is 5.92. The molecular formula is C12H21ClN4O. The van der Waals surface area contributed by atoms with Gasteiger partial charge in [0.1, 0.15) is 0 Å². The topological polar surface area (TPSA) is 50.2 Å². The predicted molar refractivity (Wildman–Crippen MR) is 73.2 cm³/mol. The first-order valence-electron chi connectivity index (χ1n) is 6.08. The molecule has 1 fully saturated rings. The van der Waals surface area contributed by atoms with Crippen LogP contribution in [0.2, 0.25) is 0 Å². The van der Waals surface area contributed by atoms with Gasteiger partial charge in [-0.1, -0.05) is 0 Å². The number of rotatable bonds is 2. The highest BCUT2D eigenvalue weighted by atomic mass is 35.5. The molecule has 0 spiro atoms. The summed E-state index contributed by atoms with van der Waals surface area (Å²) in [5.41, 5.74) is 1.55. The maximum atomic E-state index is 12.2. The quantitative estimate of drug-likeness (QED) is 0.873. The average molecular weight is 273 g/mol. The van der Waals surface area contributed by atoms with Crippen molar-refractivity contribution in [1.29, 1.82) is 0 Å². The molecule has 1 amide bonds. The molecule has 0 aromatic carbocycles. The van der Waals surface area contributed by atoms with Gasteiger partial charge in [-0.15, -0.1) is 12.4 Å². The molecule has 0 saturated carbocycles. The number of hydrogen-bond donors (Lipinski definition) is 1. The molecular weight excluding hydrogens is 252 g/mol. The molecule has 1 saturated heterocycles. The summed E-state index contributed by atoms with van der Waals surface area (Å²) in [4.78, 5) is 14.1. The highest BCUT2D eigenvalue weighted by Crippen LogP contribution is 2.13. The Balaban J connectivity index is 0.00000162. The van der Waals surface area contributed by atoms with Crippen molar-refractivity contribution in [3.05, 3.63) is 17.5 Å². The number of nitrogens with zero attached hydrogens (tertiary/aromatic N) is 3. The minimum absolute atomic E-state index is 0. The van der Waals surface area contributed by atoms with Gasteiger partial charge in [0.05, 0.1) is 0 Å². The van der Waals surface area contributed by atoms with Gasteiger partial charge in [0.25, 0.3) is 5.91 Å². The summed E-state index contributed by atoms with van der Waals surface area (Å²) >= 11 is 0. The van der Waals surface area contributed by atoms with Crippen LogP contribution >= 0.6 is 12.4 Å². The molecule has 2 heterocycles. The molecule has 18 heavy (non-hydrogen) atoms. The summed E-state index contributed by atoms with van der Waals surface area (Å²) < 4.78 is 1.74. The number of aromatic nitrogens is 2. The third-order valence-corrected chi connectivity index (χ3v) is 3.51. The van der Waals surface area contributed by atoms with Crippen molar-refractivity contribution < 1.29 is 4.79 Å². The lowest BCUT2D eigenvalue weighted by Gasteiger charge is -2.31. The van der Waals surface area contributed by atoms with Gasteiger partial charge < -0.3 is 10.2 Å². The molecule has 5 nitrogen and oxygen atoms in total. The Labute approximate surface area is 114 Å². The average Bonchev–Trinajstić information content (AvgIpc) is 2.69. The van der Waals surface area contributed by atoms with E-state index in [0.717, 1.165) is 31.6 Å². The fourth-order valence-electron chi connectivity index (χ4n) is 2.21. The number of piperidine rings is 1. The van der Waals surface area contributed by atoms with E-state index in [2.05, 4.69) is 10.4 Å². The van der Waals surface area contributed by atoms with E-state index in [1.165, 1.54) is 0 Å². The van der Waals surface area contributed by atoms with Crippen molar-refractivity contribution in [1.82, 2.24) is 20.0 Å². The zero-order chi connectivity index (χ0) is 12.4. The first-order chi connectivity index (χ1) is 8.09. The molecule has 2 rings (SSSR count).